The van der Waals surface area contributed by atoms with E-state index in [0.29, 0.717) is 30.8 Å². The van der Waals surface area contributed by atoms with E-state index in [1.54, 1.807) is 24.1 Å². The quantitative estimate of drug-likeness (QED) is 0.174. The third kappa shape index (κ3) is 7.74. The van der Waals surface area contributed by atoms with E-state index >= 15 is 0 Å². The van der Waals surface area contributed by atoms with Gasteiger partial charge in [0, 0.05) is 18.7 Å². The number of rotatable bonds is 13. The summed E-state index contributed by atoms with van der Waals surface area (Å²) in [6.45, 7) is 3.20. The Morgan fingerprint density at radius 1 is 0.975 bits per heavy atom. The number of nitrogens with one attached hydrogen (secondary N) is 2. The van der Waals surface area contributed by atoms with Crippen LogP contribution in [-0.4, -0.2) is 41.6 Å². The topological polar surface area (TPSA) is 91.6 Å². The highest BCUT2D eigenvalue weighted by Crippen LogP contribution is 2.28. The summed E-state index contributed by atoms with van der Waals surface area (Å²) in [7, 11) is 0. The van der Waals surface area contributed by atoms with E-state index in [4.69, 9.17) is 4.42 Å². The summed E-state index contributed by atoms with van der Waals surface area (Å²) in [6.07, 6.45) is 5.97. The number of aryl methyl sites for hydroxylation is 1. The lowest BCUT2D eigenvalue weighted by atomic mass is 9.93. The van der Waals surface area contributed by atoms with Crippen LogP contribution >= 0.6 is 11.8 Å². The van der Waals surface area contributed by atoms with Crippen molar-refractivity contribution in [2.45, 2.75) is 25.9 Å². The fourth-order valence-corrected chi connectivity index (χ4v) is 4.97. The molecular weight excluding hydrogens is 520 g/mol. The van der Waals surface area contributed by atoms with Crippen LogP contribution in [0, 0.1) is 6.92 Å². The molecule has 0 bridgehead atoms. The van der Waals surface area contributed by atoms with Gasteiger partial charge in [-0.1, -0.05) is 60.7 Å². The maximum absolute atomic E-state index is 13.3. The molecule has 206 valence electrons. The number of hydrogen-bond acceptors (Lipinski definition) is 5. The third-order valence-corrected chi connectivity index (χ3v) is 7.27. The molecule has 40 heavy (non-hydrogen) atoms. The van der Waals surface area contributed by atoms with Crippen LogP contribution in [0.15, 0.2) is 95.6 Å². The maximum atomic E-state index is 13.3. The molecule has 1 aromatic heterocycles. The Balaban J connectivity index is 1.57. The van der Waals surface area contributed by atoms with E-state index in [1.807, 2.05) is 86.0 Å². The van der Waals surface area contributed by atoms with Gasteiger partial charge in [-0.15, -0.1) is 0 Å². The molecule has 3 N–H and O–H groups in total. The van der Waals surface area contributed by atoms with Gasteiger partial charge >= 0.3 is 5.97 Å². The van der Waals surface area contributed by atoms with Crippen LogP contribution in [0.5, 0.6) is 0 Å². The molecule has 0 spiro atoms. The molecule has 4 aromatic rings. The predicted octanol–water partition coefficient (Wildman–Crippen LogP) is 6.52. The van der Waals surface area contributed by atoms with E-state index in [2.05, 4.69) is 22.8 Å². The number of benzene rings is 3. The van der Waals surface area contributed by atoms with Crippen molar-refractivity contribution < 1.29 is 19.1 Å². The fourth-order valence-electron chi connectivity index (χ4n) is 4.50. The third-order valence-electron chi connectivity index (χ3n) is 6.63. The lowest BCUT2D eigenvalue weighted by Crippen LogP contribution is -2.41. The number of hydrogen-bond donors (Lipinski definition) is 3. The lowest BCUT2D eigenvalue weighted by Gasteiger charge is -2.18. The summed E-state index contributed by atoms with van der Waals surface area (Å²) in [5.41, 5.74) is 6.41. The van der Waals surface area contributed by atoms with Crippen LogP contribution in [0.3, 0.4) is 0 Å². The molecule has 0 aliphatic heterocycles. The number of aliphatic carboxylic acids is 1. The second-order valence-corrected chi connectivity index (χ2v) is 10.5. The molecule has 0 saturated carbocycles. The average molecular weight is 555 g/mol. The Kier molecular flexibility index (Phi) is 10.4. The van der Waals surface area contributed by atoms with E-state index in [9.17, 15) is 14.7 Å². The van der Waals surface area contributed by atoms with E-state index in [-0.39, 0.29) is 5.91 Å². The van der Waals surface area contributed by atoms with Crippen molar-refractivity contribution in [2.24, 2.45) is 0 Å². The molecule has 0 aliphatic carbocycles. The van der Waals surface area contributed by atoms with Gasteiger partial charge in [0.05, 0.1) is 6.26 Å². The van der Waals surface area contributed by atoms with Gasteiger partial charge in [0.2, 0.25) is 0 Å². The van der Waals surface area contributed by atoms with Gasteiger partial charge in [-0.3, -0.25) is 4.79 Å². The van der Waals surface area contributed by atoms with Crippen LogP contribution in [-0.2, 0) is 11.3 Å². The SMILES string of the molecule is CSCC[C@H](NC(=O)c1ccc(CNC/C(=C/c2ccco2)c2ccccc2)cc1-c1ccccc1C)C(=O)O. The summed E-state index contributed by atoms with van der Waals surface area (Å²) in [4.78, 5) is 25.1. The number of carbonyl (C=O) groups excluding carboxylic acids is 1. The van der Waals surface area contributed by atoms with E-state index < -0.39 is 12.0 Å². The maximum Gasteiger partial charge on any atom is 0.326 e. The first-order valence-electron chi connectivity index (χ1n) is 13.2. The Morgan fingerprint density at radius 2 is 1.75 bits per heavy atom. The number of carboxylic acids is 1. The summed E-state index contributed by atoms with van der Waals surface area (Å²) in [5, 5.41) is 15.9. The normalized spacial score (nSPS) is 12.2. The molecule has 3 aromatic carbocycles. The van der Waals surface area contributed by atoms with Gasteiger partial charge in [-0.25, -0.2) is 4.79 Å². The van der Waals surface area contributed by atoms with Crippen molar-refractivity contribution in [1.29, 1.82) is 0 Å². The predicted molar refractivity (Wildman–Crippen MR) is 163 cm³/mol. The van der Waals surface area contributed by atoms with E-state index in [0.717, 1.165) is 39.2 Å². The van der Waals surface area contributed by atoms with Gasteiger partial charge in [0.15, 0.2) is 0 Å². The molecule has 1 amide bonds. The summed E-state index contributed by atoms with van der Waals surface area (Å²) < 4.78 is 5.55. The fraction of sp³-hybridized carbons (Fsp3) is 0.212. The zero-order valence-corrected chi connectivity index (χ0v) is 23.5. The number of thioether (sulfide) groups is 1. The van der Waals surface area contributed by atoms with Crippen molar-refractivity contribution in [1.82, 2.24) is 10.6 Å². The first-order valence-corrected chi connectivity index (χ1v) is 14.6. The molecule has 0 saturated heterocycles. The van der Waals surface area contributed by atoms with E-state index in [1.165, 1.54) is 0 Å². The van der Waals surface area contributed by atoms with Gasteiger partial charge in [0.25, 0.3) is 5.91 Å². The molecule has 0 fully saturated rings. The number of furan rings is 1. The Morgan fingerprint density at radius 3 is 2.45 bits per heavy atom. The van der Waals surface area contributed by atoms with Crippen LogP contribution in [0.4, 0.5) is 0 Å². The zero-order chi connectivity index (χ0) is 28.3. The summed E-state index contributed by atoms with van der Waals surface area (Å²) >= 11 is 1.55. The standard InChI is InChI=1S/C33H34N2O4S/c1-23-9-6-7-13-28(23)30-19-24(14-15-29(30)32(36)35-31(33(37)38)16-18-40-2)21-34-22-26(20-27-12-8-17-39-27)25-10-4-3-5-11-25/h3-15,17,19-20,31,34H,16,18,21-22H2,1-2H3,(H,35,36)(H,37,38)/b26-20-/t31-/m0/s1. The van der Waals surface area contributed by atoms with Crippen molar-refractivity contribution in [2.75, 3.05) is 18.6 Å². The highest BCUT2D eigenvalue weighted by atomic mass is 32.2. The molecule has 0 unspecified atom stereocenters. The van der Waals surface area contributed by atoms with Crippen molar-refractivity contribution in [3.05, 3.63) is 119 Å². The molecule has 7 heteroatoms. The van der Waals surface area contributed by atoms with Crippen molar-refractivity contribution in [3.63, 3.8) is 0 Å². The van der Waals surface area contributed by atoms with Gasteiger partial charge in [-0.2, -0.15) is 11.8 Å². The minimum Gasteiger partial charge on any atom is -0.480 e. The summed E-state index contributed by atoms with van der Waals surface area (Å²) in [5.74, 6) is 0.0119. The highest BCUT2D eigenvalue weighted by Gasteiger charge is 2.22. The molecule has 1 atom stereocenters. The second kappa shape index (κ2) is 14.4. The smallest absolute Gasteiger partial charge is 0.326 e. The minimum atomic E-state index is -1.03. The van der Waals surface area contributed by atoms with Crippen LogP contribution in [0.1, 0.15) is 39.2 Å². The number of amides is 1. The molecular formula is C33H34N2O4S. The summed E-state index contributed by atoms with van der Waals surface area (Å²) in [6, 6.07) is 26.6. The molecule has 6 nitrogen and oxygen atoms in total. The Hall–Kier alpha value is -4.07. The monoisotopic (exact) mass is 554 g/mol. The van der Waals surface area contributed by atoms with Gasteiger partial charge in [-0.05, 0) is 89.1 Å². The zero-order valence-electron chi connectivity index (χ0n) is 22.7. The lowest BCUT2D eigenvalue weighted by molar-refractivity contribution is -0.139. The number of carboxylic acid groups (broad SMARTS) is 1. The molecule has 4 rings (SSSR count). The molecule has 0 radical (unpaired) electrons. The van der Waals surface area contributed by atoms with Crippen LogP contribution in [0.2, 0.25) is 0 Å². The Labute approximate surface area is 239 Å². The van der Waals surface area contributed by atoms with Crippen LogP contribution < -0.4 is 10.6 Å². The average Bonchev–Trinajstić information content (AvgIpc) is 3.48. The second-order valence-electron chi connectivity index (χ2n) is 9.50. The first-order chi connectivity index (χ1) is 19.5. The van der Waals surface area contributed by atoms with Crippen molar-refractivity contribution in [3.8, 4) is 11.1 Å². The minimum absolute atomic E-state index is 0.360. The Bertz CT molecular complexity index is 1450. The highest BCUT2D eigenvalue weighted by molar-refractivity contribution is 7.98. The first kappa shape index (κ1) is 28.9. The molecule has 0 aliphatic rings. The van der Waals surface area contributed by atoms with Crippen molar-refractivity contribution >= 4 is 35.3 Å². The van der Waals surface area contributed by atoms with Gasteiger partial charge < -0.3 is 20.2 Å². The van der Waals surface area contributed by atoms with Crippen LogP contribution in [0.25, 0.3) is 22.8 Å². The largest absolute Gasteiger partial charge is 0.480 e. The number of carbonyl (C=O) groups is 2. The molecule has 1 heterocycles. The van der Waals surface area contributed by atoms with Gasteiger partial charge in [0.1, 0.15) is 11.8 Å².